The van der Waals surface area contributed by atoms with Crippen molar-refractivity contribution in [2.75, 3.05) is 20.1 Å². The SMILES string of the molecule is CNS(=O)(=O)C1CCN(C(=O)[C@@H](C)Oc2ccc(C)cc2)CC1. The first-order valence-electron chi connectivity index (χ1n) is 7.78. The number of rotatable bonds is 5. The van der Waals surface area contributed by atoms with Crippen molar-refractivity contribution in [2.24, 2.45) is 0 Å². The lowest BCUT2D eigenvalue weighted by molar-refractivity contribution is -0.138. The normalized spacial score (nSPS) is 17.8. The number of carbonyl (C=O) groups excluding carboxylic acids is 1. The number of aryl methyl sites for hydroxylation is 1. The average molecular weight is 340 g/mol. The van der Waals surface area contributed by atoms with Crippen molar-refractivity contribution in [3.63, 3.8) is 0 Å². The molecule has 23 heavy (non-hydrogen) atoms. The van der Waals surface area contributed by atoms with Gasteiger partial charge in [0.2, 0.25) is 10.0 Å². The molecule has 1 saturated heterocycles. The second kappa shape index (κ2) is 7.31. The third-order valence-electron chi connectivity index (χ3n) is 4.16. The summed E-state index contributed by atoms with van der Waals surface area (Å²) in [7, 11) is -1.84. The lowest BCUT2D eigenvalue weighted by atomic mass is 10.1. The summed E-state index contributed by atoms with van der Waals surface area (Å²) >= 11 is 0. The Morgan fingerprint density at radius 1 is 1.26 bits per heavy atom. The zero-order valence-corrected chi connectivity index (χ0v) is 14.6. The highest BCUT2D eigenvalue weighted by Gasteiger charge is 2.32. The smallest absolute Gasteiger partial charge is 0.263 e. The van der Waals surface area contributed by atoms with Crippen LogP contribution in [-0.2, 0) is 14.8 Å². The average Bonchev–Trinajstić information content (AvgIpc) is 2.56. The van der Waals surface area contributed by atoms with Gasteiger partial charge in [0.25, 0.3) is 5.91 Å². The van der Waals surface area contributed by atoms with Gasteiger partial charge < -0.3 is 9.64 Å². The van der Waals surface area contributed by atoms with Gasteiger partial charge in [0.1, 0.15) is 5.75 Å². The van der Waals surface area contributed by atoms with Crippen molar-refractivity contribution < 1.29 is 17.9 Å². The summed E-state index contributed by atoms with van der Waals surface area (Å²) in [4.78, 5) is 14.1. The van der Waals surface area contributed by atoms with Crippen LogP contribution in [0.15, 0.2) is 24.3 Å². The van der Waals surface area contributed by atoms with Gasteiger partial charge in [-0.1, -0.05) is 17.7 Å². The van der Waals surface area contributed by atoms with E-state index in [0.29, 0.717) is 31.7 Å². The van der Waals surface area contributed by atoms with Crippen molar-refractivity contribution in [1.82, 2.24) is 9.62 Å². The van der Waals surface area contributed by atoms with Crippen molar-refractivity contribution in [2.45, 2.75) is 38.0 Å². The Bertz CT molecular complexity index is 635. The highest BCUT2D eigenvalue weighted by atomic mass is 32.2. The van der Waals surface area contributed by atoms with Crippen LogP contribution < -0.4 is 9.46 Å². The first-order chi connectivity index (χ1) is 10.8. The lowest BCUT2D eigenvalue weighted by Crippen LogP contribution is -2.48. The highest BCUT2D eigenvalue weighted by molar-refractivity contribution is 7.90. The van der Waals surface area contributed by atoms with Crippen LogP contribution in [0.3, 0.4) is 0 Å². The third-order valence-corrected chi connectivity index (χ3v) is 6.08. The lowest BCUT2D eigenvalue weighted by Gasteiger charge is -2.33. The van der Waals surface area contributed by atoms with Gasteiger partial charge in [-0.2, -0.15) is 0 Å². The fourth-order valence-electron chi connectivity index (χ4n) is 2.68. The van der Waals surface area contributed by atoms with E-state index in [4.69, 9.17) is 4.74 Å². The van der Waals surface area contributed by atoms with Crippen LogP contribution in [0.5, 0.6) is 5.75 Å². The topological polar surface area (TPSA) is 75.7 Å². The molecule has 1 aliphatic heterocycles. The second-order valence-electron chi connectivity index (χ2n) is 5.85. The van der Waals surface area contributed by atoms with Gasteiger partial charge in [-0.15, -0.1) is 0 Å². The predicted octanol–water partition coefficient (Wildman–Crippen LogP) is 1.30. The van der Waals surface area contributed by atoms with Gasteiger partial charge in [0.15, 0.2) is 6.10 Å². The van der Waals surface area contributed by atoms with Crippen LogP contribution in [0, 0.1) is 6.92 Å². The molecule has 1 aliphatic rings. The Morgan fingerprint density at radius 3 is 2.35 bits per heavy atom. The predicted molar refractivity (Wildman–Crippen MR) is 88.9 cm³/mol. The van der Waals surface area contributed by atoms with E-state index in [1.165, 1.54) is 7.05 Å². The zero-order valence-electron chi connectivity index (χ0n) is 13.8. The minimum Gasteiger partial charge on any atom is -0.481 e. The van der Waals surface area contributed by atoms with Gasteiger partial charge in [-0.25, -0.2) is 13.1 Å². The standard InChI is InChI=1S/C16H24N2O4S/c1-12-4-6-14(7-5-12)22-13(2)16(19)18-10-8-15(9-11-18)23(20,21)17-3/h4-7,13,15,17H,8-11H2,1-3H3/t13-/m1/s1. The van der Waals surface area contributed by atoms with E-state index >= 15 is 0 Å². The van der Waals surface area contributed by atoms with Gasteiger partial charge in [0.05, 0.1) is 5.25 Å². The van der Waals surface area contributed by atoms with Gasteiger partial charge in [0, 0.05) is 13.1 Å². The summed E-state index contributed by atoms with van der Waals surface area (Å²) in [6.07, 6.45) is 0.313. The number of hydrogen-bond donors (Lipinski definition) is 1. The molecule has 0 bridgehead atoms. The van der Waals surface area contributed by atoms with Crippen LogP contribution in [0.25, 0.3) is 0 Å². The molecule has 7 heteroatoms. The molecular formula is C16H24N2O4S. The molecule has 2 rings (SSSR count). The molecule has 6 nitrogen and oxygen atoms in total. The Kier molecular flexibility index (Phi) is 5.64. The van der Waals surface area contributed by atoms with E-state index < -0.39 is 21.4 Å². The van der Waals surface area contributed by atoms with E-state index in [2.05, 4.69) is 4.72 Å². The second-order valence-corrected chi connectivity index (χ2v) is 8.01. The van der Waals surface area contributed by atoms with Crippen LogP contribution in [0.1, 0.15) is 25.3 Å². The maximum atomic E-state index is 12.4. The van der Waals surface area contributed by atoms with Gasteiger partial charge in [-0.3, -0.25) is 4.79 Å². The number of piperidine rings is 1. The van der Waals surface area contributed by atoms with Crippen molar-refractivity contribution in [3.8, 4) is 5.75 Å². The third kappa shape index (κ3) is 4.45. The molecule has 1 atom stereocenters. The van der Waals surface area contributed by atoms with Crippen LogP contribution in [0.2, 0.25) is 0 Å². The molecule has 0 aliphatic carbocycles. The van der Waals surface area contributed by atoms with Gasteiger partial charge in [-0.05, 0) is 45.9 Å². The Hall–Kier alpha value is -1.60. The number of nitrogens with zero attached hydrogens (tertiary/aromatic N) is 1. The number of sulfonamides is 1. The number of amides is 1. The van der Waals surface area contributed by atoms with E-state index in [0.717, 1.165) is 5.56 Å². The number of hydrogen-bond acceptors (Lipinski definition) is 4. The largest absolute Gasteiger partial charge is 0.481 e. The summed E-state index contributed by atoms with van der Waals surface area (Å²) in [6.45, 7) is 4.58. The molecule has 1 fully saturated rings. The van der Waals surface area contributed by atoms with Gasteiger partial charge >= 0.3 is 0 Å². The summed E-state index contributed by atoms with van der Waals surface area (Å²) in [6, 6.07) is 7.54. The maximum absolute atomic E-state index is 12.4. The van der Waals surface area contributed by atoms with Crippen molar-refractivity contribution in [1.29, 1.82) is 0 Å². The summed E-state index contributed by atoms with van der Waals surface area (Å²) in [5.74, 6) is 0.551. The fraction of sp³-hybridized carbons (Fsp3) is 0.562. The first kappa shape index (κ1) is 17.7. The molecule has 1 aromatic rings. The fourth-order valence-corrected chi connectivity index (χ4v) is 3.85. The van der Waals surface area contributed by atoms with Crippen molar-refractivity contribution >= 4 is 15.9 Å². The monoisotopic (exact) mass is 340 g/mol. The van der Waals surface area contributed by atoms with E-state index in [-0.39, 0.29) is 5.91 Å². The van der Waals surface area contributed by atoms with E-state index in [1.807, 2.05) is 31.2 Å². The molecule has 1 heterocycles. The Labute approximate surface area is 137 Å². The molecule has 0 saturated carbocycles. The maximum Gasteiger partial charge on any atom is 0.263 e. The number of ether oxygens (including phenoxy) is 1. The summed E-state index contributed by atoms with van der Waals surface area (Å²) in [5.41, 5.74) is 1.13. The molecular weight excluding hydrogens is 316 g/mol. The molecule has 1 N–H and O–H groups in total. The molecule has 0 aromatic heterocycles. The number of benzene rings is 1. The van der Waals surface area contributed by atoms with Crippen molar-refractivity contribution in [3.05, 3.63) is 29.8 Å². The Balaban J connectivity index is 1.90. The zero-order chi connectivity index (χ0) is 17.0. The van der Waals surface area contributed by atoms with Crippen LogP contribution >= 0.6 is 0 Å². The van der Waals surface area contributed by atoms with E-state index in [9.17, 15) is 13.2 Å². The van der Waals surface area contributed by atoms with Crippen LogP contribution in [0.4, 0.5) is 0 Å². The minimum absolute atomic E-state index is 0.106. The quantitative estimate of drug-likeness (QED) is 0.877. The first-order valence-corrected chi connectivity index (χ1v) is 9.32. The molecule has 128 valence electrons. The number of likely N-dealkylation sites (tertiary alicyclic amines) is 1. The number of carbonyl (C=O) groups is 1. The molecule has 1 amide bonds. The van der Waals surface area contributed by atoms with E-state index in [1.54, 1.807) is 11.8 Å². The molecule has 0 unspecified atom stereocenters. The molecule has 0 radical (unpaired) electrons. The molecule has 0 spiro atoms. The molecule has 1 aromatic carbocycles. The summed E-state index contributed by atoms with van der Waals surface area (Å²) in [5, 5.41) is -0.426. The minimum atomic E-state index is -3.26. The Morgan fingerprint density at radius 2 is 1.83 bits per heavy atom. The highest BCUT2D eigenvalue weighted by Crippen LogP contribution is 2.19. The summed E-state index contributed by atoms with van der Waals surface area (Å²) < 4.78 is 31.6. The van der Waals surface area contributed by atoms with Crippen LogP contribution in [-0.4, -0.2) is 50.7 Å². The number of nitrogens with one attached hydrogen (secondary N) is 1.